The third kappa shape index (κ3) is 7.94. The van der Waals surface area contributed by atoms with Gasteiger partial charge in [-0.1, -0.05) is 33.3 Å². The Morgan fingerprint density at radius 1 is 1.20 bits per heavy atom. The van der Waals surface area contributed by atoms with Crippen LogP contribution in [0.1, 0.15) is 46.5 Å². The third-order valence-corrected chi connectivity index (χ3v) is 2.91. The van der Waals surface area contributed by atoms with Crippen LogP contribution in [-0.4, -0.2) is 36.4 Å². The molecule has 0 bridgehead atoms. The lowest BCUT2D eigenvalue weighted by Gasteiger charge is -2.16. The third-order valence-electron chi connectivity index (χ3n) is 2.91. The van der Waals surface area contributed by atoms with E-state index in [1.54, 1.807) is 0 Å². The number of rotatable bonds is 10. The molecule has 5 nitrogen and oxygen atoms in total. The topological polar surface area (TPSA) is 72.8 Å². The Hall–Kier alpha value is -1.36. The van der Waals surface area contributed by atoms with Gasteiger partial charge in [0.25, 0.3) is 0 Å². The molecule has 0 fully saturated rings. The largest absolute Gasteiger partial charge is 0.463 e. The molecule has 116 valence electrons. The summed E-state index contributed by atoms with van der Waals surface area (Å²) in [4.78, 5) is 22.9. The maximum atomic E-state index is 11.8. The number of unbranched alkanes of at least 4 members (excludes halogenated alkanes) is 1. The van der Waals surface area contributed by atoms with E-state index in [2.05, 4.69) is 13.5 Å². The number of hydrogen-bond acceptors (Lipinski definition) is 5. The Balaban J connectivity index is 3.97. The van der Waals surface area contributed by atoms with E-state index in [1.165, 1.54) is 6.92 Å². The molecule has 0 spiro atoms. The standard InChI is InChI=1S/C15H26O5/c1-5-7-8-12(6-2)15(18)20-10-13(16)9-19-14(17)11(3)4/h12-13,16H,3,5-10H2,1-2,4H3. The van der Waals surface area contributed by atoms with Gasteiger partial charge in [0.1, 0.15) is 19.3 Å². The molecule has 0 aliphatic rings. The Kier molecular flexibility index (Phi) is 9.72. The smallest absolute Gasteiger partial charge is 0.333 e. The van der Waals surface area contributed by atoms with E-state index in [0.29, 0.717) is 0 Å². The normalized spacial score (nSPS) is 13.4. The average Bonchev–Trinajstić information content (AvgIpc) is 2.42. The lowest BCUT2D eigenvalue weighted by molar-refractivity contribution is -0.154. The summed E-state index contributed by atoms with van der Waals surface area (Å²) in [6, 6.07) is 0. The highest BCUT2D eigenvalue weighted by molar-refractivity contribution is 5.86. The predicted molar refractivity (Wildman–Crippen MR) is 76.0 cm³/mol. The Morgan fingerprint density at radius 2 is 1.80 bits per heavy atom. The van der Waals surface area contributed by atoms with E-state index in [4.69, 9.17) is 9.47 Å². The van der Waals surface area contributed by atoms with Crippen molar-refractivity contribution in [1.29, 1.82) is 0 Å². The first-order chi connectivity index (χ1) is 9.42. The molecule has 1 N–H and O–H groups in total. The number of hydrogen-bond donors (Lipinski definition) is 1. The number of ether oxygens (including phenoxy) is 2. The van der Waals surface area contributed by atoms with Crippen molar-refractivity contribution < 1.29 is 24.2 Å². The van der Waals surface area contributed by atoms with Gasteiger partial charge in [-0.05, 0) is 19.8 Å². The van der Waals surface area contributed by atoms with Gasteiger partial charge in [-0.15, -0.1) is 0 Å². The molecular formula is C15H26O5. The fraction of sp³-hybridized carbons (Fsp3) is 0.733. The second kappa shape index (κ2) is 10.4. The first-order valence-corrected chi connectivity index (χ1v) is 7.09. The van der Waals surface area contributed by atoms with Crippen molar-refractivity contribution in [2.45, 2.75) is 52.6 Å². The van der Waals surface area contributed by atoms with E-state index in [1.807, 2.05) is 6.92 Å². The van der Waals surface area contributed by atoms with Crippen molar-refractivity contribution in [2.24, 2.45) is 5.92 Å². The number of aliphatic hydroxyl groups is 1. The molecule has 0 saturated carbocycles. The van der Waals surface area contributed by atoms with E-state index < -0.39 is 12.1 Å². The minimum Gasteiger partial charge on any atom is -0.463 e. The highest BCUT2D eigenvalue weighted by Crippen LogP contribution is 2.14. The molecule has 2 unspecified atom stereocenters. The van der Waals surface area contributed by atoms with Crippen LogP contribution in [0, 0.1) is 5.92 Å². The van der Waals surface area contributed by atoms with Gasteiger partial charge in [0.05, 0.1) is 5.92 Å². The van der Waals surface area contributed by atoms with Crippen molar-refractivity contribution in [1.82, 2.24) is 0 Å². The zero-order valence-corrected chi connectivity index (χ0v) is 12.7. The molecular weight excluding hydrogens is 260 g/mol. The van der Waals surface area contributed by atoms with Crippen LogP contribution >= 0.6 is 0 Å². The Morgan fingerprint density at radius 3 is 2.30 bits per heavy atom. The molecule has 0 radical (unpaired) electrons. The molecule has 0 aromatic heterocycles. The molecule has 0 rings (SSSR count). The van der Waals surface area contributed by atoms with Crippen molar-refractivity contribution in [3.63, 3.8) is 0 Å². The van der Waals surface area contributed by atoms with Crippen LogP contribution in [0.4, 0.5) is 0 Å². The minimum absolute atomic E-state index is 0.125. The summed E-state index contributed by atoms with van der Waals surface area (Å²) in [6.07, 6.45) is 2.52. The zero-order valence-electron chi connectivity index (χ0n) is 12.7. The molecule has 2 atom stereocenters. The van der Waals surface area contributed by atoms with Gasteiger partial charge in [0.15, 0.2) is 0 Å². The van der Waals surface area contributed by atoms with Gasteiger partial charge in [-0.2, -0.15) is 0 Å². The van der Waals surface area contributed by atoms with Crippen LogP contribution in [-0.2, 0) is 19.1 Å². The SMILES string of the molecule is C=C(C)C(=O)OCC(O)COC(=O)C(CC)CCCC. The van der Waals surface area contributed by atoms with Gasteiger partial charge in [0, 0.05) is 5.57 Å². The Labute approximate surface area is 121 Å². The molecule has 0 amide bonds. The molecule has 20 heavy (non-hydrogen) atoms. The van der Waals surface area contributed by atoms with Gasteiger partial charge in [0.2, 0.25) is 0 Å². The minimum atomic E-state index is -1.01. The molecule has 0 aliphatic carbocycles. The average molecular weight is 286 g/mol. The van der Waals surface area contributed by atoms with Crippen LogP contribution in [0.5, 0.6) is 0 Å². The summed E-state index contributed by atoms with van der Waals surface area (Å²) in [7, 11) is 0. The van der Waals surface area contributed by atoms with Gasteiger partial charge in [-0.3, -0.25) is 4.79 Å². The van der Waals surface area contributed by atoms with Gasteiger partial charge < -0.3 is 14.6 Å². The Bertz CT molecular complexity index is 324. The van der Waals surface area contributed by atoms with Crippen molar-refractivity contribution in [2.75, 3.05) is 13.2 Å². The van der Waals surface area contributed by atoms with Crippen molar-refractivity contribution in [3.8, 4) is 0 Å². The summed E-state index contributed by atoms with van der Waals surface area (Å²) in [5.41, 5.74) is 0.264. The van der Waals surface area contributed by atoms with Crippen LogP contribution < -0.4 is 0 Å². The predicted octanol–water partition coefficient (Wildman–Crippen LogP) is 2.23. The molecule has 0 aliphatic heterocycles. The van der Waals surface area contributed by atoms with Crippen molar-refractivity contribution >= 4 is 11.9 Å². The van der Waals surface area contributed by atoms with E-state index in [9.17, 15) is 14.7 Å². The second-order valence-electron chi connectivity index (χ2n) is 4.91. The quantitative estimate of drug-likeness (QED) is 0.492. The number of carbonyl (C=O) groups excluding carboxylic acids is 2. The molecule has 0 aromatic rings. The fourth-order valence-electron chi connectivity index (χ4n) is 1.58. The first kappa shape index (κ1) is 18.6. The maximum Gasteiger partial charge on any atom is 0.333 e. The monoisotopic (exact) mass is 286 g/mol. The fourth-order valence-corrected chi connectivity index (χ4v) is 1.58. The summed E-state index contributed by atoms with van der Waals surface area (Å²) >= 11 is 0. The van der Waals surface area contributed by atoms with Crippen LogP contribution in [0.25, 0.3) is 0 Å². The maximum absolute atomic E-state index is 11.8. The van der Waals surface area contributed by atoms with E-state index in [0.717, 1.165) is 25.7 Å². The lowest BCUT2D eigenvalue weighted by atomic mass is 10.00. The summed E-state index contributed by atoms with van der Waals surface area (Å²) in [6.45, 7) is 8.59. The molecule has 0 heterocycles. The summed E-state index contributed by atoms with van der Waals surface area (Å²) < 4.78 is 9.81. The van der Waals surface area contributed by atoms with Crippen LogP contribution in [0.2, 0.25) is 0 Å². The molecule has 0 aromatic carbocycles. The number of aliphatic hydroxyl groups excluding tert-OH is 1. The first-order valence-electron chi connectivity index (χ1n) is 7.09. The number of esters is 2. The molecule has 0 saturated heterocycles. The molecule has 5 heteroatoms. The number of carbonyl (C=O) groups is 2. The van der Waals surface area contributed by atoms with Gasteiger partial charge in [-0.25, -0.2) is 4.79 Å². The summed E-state index contributed by atoms with van der Waals surface area (Å²) in [5.74, 6) is -0.990. The zero-order chi connectivity index (χ0) is 15.5. The van der Waals surface area contributed by atoms with E-state index >= 15 is 0 Å². The van der Waals surface area contributed by atoms with Crippen LogP contribution in [0.3, 0.4) is 0 Å². The van der Waals surface area contributed by atoms with Gasteiger partial charge >= 0.3 is 11.9 Å². The summed E-state index contributed by atoms with van der Waals surface area (Å²) in [5, 5.41) is 9.58. The van der Waals surface area contributed by atoms with Crippen molar-refractivity contribution in [3.05, 3.63) is 12.2 Å². The lowest BCUT2D eigenvalue weighted by Crippen LogP contribution is -2.27. The second-order valence-corrected chi connectivity index (χ2v) is 4.91. The highest BCUT2D eigenvalue weighted by atomic mass is 16.6. The van der Waals surface area contributed by atoms with Crippen LogP contribution in [0.15, 0.2) is 12.2 Å². The highest BCUT2D eigenvalue weighted by Gasteiger charge is 2.19. The van der Waals surface area contributed by atoms with E-state index in [-0.39, 0.29) is 30.7 Å².